The first-order valence-electron chi connectivity index (χ1n) is 7.06. The van der Waals surface area contributed by atoms with E-state index in [0.717, 1.165) is 11.1 Å². The number of likely N-dealkylation sites (N-methyl/N-ethyl adjacent to an activating group) is 1. The molecule has 1 aromatic carbocycles. The first kappa shape index (κ1) is 18.2. The maximum absolute atomic E-state index is 11.9. The van der Waals surface area contributed by atoms with Gasteiger partial charge in [0, 0.05) is 0 Å². The fraction of sp³-hybridized carbons (Fsp3) is 0.600. The van der Waals surface area contributed by atoms with Crippen molar-refractivity contribution < 1.29 is 23.0 Å². The lowest BCUT2D eigenvalue weighted by molar-refractivity contribution is -0.870. The number of hydrogen-bond donors (Lipinski definition) is 0. The maximum Gasteiger partial charge on any atom is 0.319 e. The van der Waals surface area contributed by atoms with Gasteiger partial charge < -0.3 is 18.4 Å². The topological polar surface area (TPSA) is 58.6 Å². The van der Waals surface area contributed by atoms with Crippen LogP contribution >= 0.6 is 7.82 Å². The second kappa shape index (κ2) is 6.93. The van der Waals surface area contributed by atoms with Crippen molar-refractivity contribution in [3.63, 3.8) is 0 Å². The minimum absolute atomic E-state index is 0.104. The third-order valence-electron chi connectivity index (χ3n) is 3.01. The van der Waals surface area contributed by atoms with Gasteiger partial charge in [0.05, 0.1) is 21.1 Å². The molecule has 0 aromatic heterocycles. The zero-order valence-corrected chi connectivity index (χ0v) is 14.6. The molecule has 0 bridgehead atoms. The zero-order valence-electron chi connectivity index (χ0n) is 13.8. The first-order chi connectivity index (χ1) is 9.50. The van der Waals surface area contributed by atoms with Gasteiger partial charge in [-0.15, -0.1) is 0 Å². The summed E-state index contributed by atoms with van der Waals surface area (Å²) in [5.74, 6) is 0.528. The fourth-order valence-corrected chi connectivity index (χ4v) is 2.53. The van der Waals surface area contributed by atoms with Crippen LogP contribution in [-0.4, -0.2) is 38.8 Å². The van der Waals surface area contributed by atoms with E-state index in [1.807, 2.05) is 54.0 Å². The van der Waals surface area contributed by atoms with Crippen molar-refractivity contribution in [1.82, 2.24) is 0 Å². The summed E-state index contributed by atoms with van der Waals surface area (Å²) in [5.41, 5.74) is 1.80. The van der Waals surface area contributed by atoms with Crippen molar-refractivity contribution in [2.24, 2.45) is 0 Å². The molecule has 0 saturated carbocycles. The summed E-state index contributed by atoms with van der Waals surface area (Å²) in [6.07, 6.45) is 0. The van der Waals surface area contributed by atoms with Crippen LogP contribution in [0.5, 0.6) is 5.75 Å². The number of phosphoric acid groups is 1. The van der Waals surface area contributed by atoms with E-state index in [0.29, 0.717) is 16.8 Å². The van der Waals surface area contributed by atoms with Crippen LogP contribution in [0.25, 0.3) is 0 Å². The molecule has 1 atom stereocenters. The lowest BCUT2D eigenvalue weighted by Crippen LogP contribution is -2.37. The Labute approximate surface area is 127 Å². The Morgan fingerprint density at radius 3 is 2.43 bits per heavy atom. The van der Waals surface area contributed by atoms with E-state index >= 15 is 0 Å². The Morgan fingerprint density at radius 1 is 1.29 bits per heavy atom. The van der Waals surface area contributed by atoms with Crippen molar-refractivity contribution in [3.8, 4) is 5.75 Å². The van der Waals surface area contributed by atoms with Gasteiger partial charge in [-0.3, -0.25) is 4.57 Å². The molecule has 6 heteroatoms. The summed E-state index contributed by atoms with van der Waals surface area (Å²) in [6, 6.07) is 5.56. The third-order valence-corrected chi connectivity index (χ3v) is 3.93. The fourth-order valence-electron chi connectivity index (χ4n) is 1.77. The largest absolute Gasteiger partial charge is 0.746 e. The molecule has 0 heterocycles. The van der Waals surface area contributed by atoms with Gasteiger partial charge in [-0.1, -0.05) is 26.0 Å². The molecular formula is C15H26NO4P. The normalized spacial score (nSPS) is 15.0. The number of phosphoric ester groups is 1. The minimum atomic E-state index is -4.35. The van der Waals surface area contributed by atoms with Crippen molar-refractivity contribution in [1.29, 1.82) is 0 Å². The monoisotopic (exact) mass is 315 g/mol. The highest BCUT2D eigenvalue weighted by atomic mass is 31.2. The molecule has 0 aliphatic heterocycles. The lowest BCUT2D eigenvalue weighted by atomic mass is 10.0. The molecule has 0 spiro atoms. The van der Waals surface area contributed by atoms with Crippen LogP contribution in [0.15, 0.2) is 18.2 Å². The van der Waals surface area contributed by atoms with Crippen molar-refractivity contribution in [2.45, 2.75) is 26.7 Å². The van der Waals surface area contributed by atoms with Gasteiger partial charge in [0.2, 0.25) is 0 Å². The summed E-state index contributed by atoms with van der Waals surface area (Å²) in [4.78, 5) is 11.9. The molecule has 0 amide bonds. The smallest absolute Gasteiger partial charge is 0.319 e. The number of benzene rings is 1. The number of quaternary nitrogens is 1. The van der Waals surface area contributed by atoms with Crippen LogP contribution in [0.2, 0.25) is 0 Å². The summed E-state index contributed by atoms with van der Waals surface area (Å²) >= 11 is 0. The molecule has 5 nitrogen and oxygen atoms in total. The van der Waals surface area contributed by atoms with Crippen LogP contribution < -0.4 is 9.42 Å². The first-order valence-corrected chi connectivity index (χ1v) is 8.52. The Balaban J connectivity index is 2.79. The molecule has 0 radical (unpaired) electrons. The quantitative estimate of drug-likeness (QED) is 0.573. The Hall–Kier alpha value is -0.870. The van der Waals surface area contributed by atoms with Crippen LogP contribution in [-0.2, 0) is 9.09 Å². The Morgan fingerprint density at radius 2 is 1.90 bits per heavy atom. The minimum Gasteiger partial charge on any atom is -0.746 e. The summed E-state index contributed by atoms with van der Waals surface area (Å²) in [6.45, 7) is 6.56. The highest BCUT2D eigenvalue weighted by molar-refractivity contribution is 7.46. The van der Waals surface area contributed by atoms with Gasteiger partial charge in [0.15, 0.2) is 0 Å². The average molecular weight is 315 g/mol. The zero-order chi connectivity index (χ0) is 16.3. The molecule has 0 saturated heterocycles. The molecule has 1 unspecified atom stereocenters. The highest BCUT2D eigenvalue weighted by Gasteiger charge is 2.17. The second-order valence-corrected chi connectivity index (χ2v) is 7.92. The summed E-state index contributed by atoms with van der Waals surface area (Å²) in [7, 11) is 1.56. The predicted octanol–water partition coefficient (Wildman–Crippen LogP) is 2.69. The van der Waals surface area contributed by atoms with E-state index in [1.165, 1.54) is 0 Å². The molecule has 0 aliphatic carbocycles. The molecule has 0 N–H and O–H groups in total. The van der Waals surface area contributed by atoms with Gasteiger partial charge >= 0.3 is 7.82 Å². The average Bonchev–Trinajstić information content (AvgIpc) is 2.25. The molecular weight excluding hydrogens is 289 g/mol. The summed E-state index contributed by atoms with van der Waals surface area (Å²) < 4.78 is 22.7. The SMILES string of the molecule is Cc1ccc(C(C)C)c(OP(=O)([O-])OCC[N+](C)(C)C)c1. The Kier molecular flexibility index (Phi) is 6.00. The highest BCUT2D eigenvalue weighted by Crippen LogP contribution is 2.42. The number of rotatable bonds is 7. The molecule has 0 aliphatic rings. The van der Waals surface area contributed by atoms with Crippen molar-refractivity contribution in [3.05, 3.63) is 29.3 Å². The molecule has 0 fully saturated rings. The van der Waals surface area contributed by atoms with Crippen molar-refractivity contribution in [2.75, 3.05) is 34.3 Å². The van der Waals surface area contributed by atoms with Crippen LogP contribution in [0.3, 0.4) is 0 Å². The van der Waals surface area contributed by atoms with Crippen LogP contribution in [0, 0.1) is 6.92 Å². The molecule has 120 valence electrons. The van der Waals surface area contributed by atoms with E-state index in [1.54, 1.807) is 6.07 Å². The van der Waals surface area contributed by atoms with E-state index < -0.39 is 7.82 Å². The van der Waals surface area contributed by atoms with Gasteiger partial charge in [-0.2, -0.15) is 0 Å². The number of nitrogens with zero attached hydrogens (tertiary/aromatic N) is 1. The van der Waals surface area contributed by atoms with E-state index in [2.05, 4.69) is 0 Å². The van der Waals surface area contributed by atoms with Gasteiger partial charge in [0.25, 0.3) is 0 Å². The van der Waals surface area contributed by atoms with Crippen LogP contribution in [0.1, 0.15) is 30.9 Å². The molecule has 21 heavy (non-hydrogen) atoms. The van der Waals surface area contributed by atoms with E-state index in [9.17, 15) is 9.46 Å². The molecule has 1 aromatic rings. The van der Waals surface area contributed by atoms with Crippen LogP contribution in [0.4, 0.5) is 0 Å². The number of hydrogen-bond acceptors (Lipinski definition) is 4. The standard InChI is InChI=1S/C15H26NO4P/c1-12(2)14-8-7-13(3)11-15(14)20-21(17,18)19-10-9-16(4,5)6/h7-8,11-12H,9-10H2,1-6H3. The predicted molar refractivity (Wildman–Crippen MR) is 82.4 cm³/mol. The van der Waals surface area contributed by atoms with Gasteiger partial charge in [-0.25, -0.2) is 0 Å². The summed E-state index contributed by atoms with van der Waals surface area (Å²) in [5, 5.41) is 0. The van der Waals surface area contributed by atoms with Gasteiger partial charge in [-0.05, 0) is 30.0 Å². The molecule has 1 rings (SSSR count). The lowest BCUT2D eigenvalue weighted by Gasteiger charge is -2.28. The Bertz CT molecular complexity index is 523. The van der Waals surface area contributed by atoms with Crippen molar-refractivity contribution >= 4 is 7.82 Å². The van der Waals surface area contributed by atoms with Gasteiger partial charge in [0.1, 0.15) is 18.9 Å². The number of aryl methyl sites for hydroxylation is 1. The van der Waals surface area contributed by atoms with E-state index in [-0.39, 0.29) is 12.5 Å². The third kappa shape index (κ3) is 6.62. The second-order valence-electron chi connectivity index (χ2n) is 6.58. The maximum atomic E-state index is 11.9. The van der Waals surface area contributed by atoms with E-state index in [4.69, 9.17) is 9.05 Å².